The third-order valence-corrected chi connectivity index (χ3v) is 8.22. The summed E-state index contributed by atoms with van der Waals surface area (Å²) in [6.45, 7) is 1.88. The molecule has 3 atom stereocenters. The van der Waals surface area contributed by atoms with Crippen LogP contribution in [0.2, 0.25) is 5.02 Å². The molecule has 3 aromatic carbocycles. The van der Waals surface area contributed by atoms with Crippen LogP contribution in [0.3, 0.4) is 0 Å². The van der Waals surface area contributed by atoms with Crippen LogP contribution in [0.1, 0.15) is 53.5 Å². The Balaban J connectivity index is 1.60. The van der Waals surface area contributed by atoms with E-state index in [1.165, 1.54) is 0 Å². The van der Waals surface area contributed by atoms with Crippen LogP contribution in [0.5, 0.6) is 0 Å². The van der Waals surface area contributed by atoms with Crippen molar-refractivity contribution < 1.29 is 14.4 Å². The quantitative estimate of drug-likeness (QED) is 0.510. The predicted octanol–water partition coefficient (Wildman–Crippen LogP) is 4.87. The third kappa shape index (κ3) is 3.91. The highest BCUT2D eigenvalue weighted by atomic mass is 35.5. The summed E-state index contributed by atoms with van der Waals surface area (Å²) in [5.41, 5.74) is 3.01. The molecule has 2 heterocycles. The van der Waals surface area contributed by atoms with Crippen LogP contribution in [0, 0.1) is 6.92 Å². The number of carbonyl (C=O) groups is 3. The van der Waals surface area contributed by atoms with Gasteiger partial charge in [-0.1, -0.05) is 72.3 Å². The molecular weight excluding hydrogens is 486 g/mol. The van der Waals surface area contributed by atoms with Crippen LogP contribution in [0.4, 0.5) is 5.69 Å². The summed E-state index contributed by atoms with van der Waals surface area (Å²) in [5, 5.41) is 6.62. The Labute approximate surface area is 221 Å². The first kappa shape index (κ1) is 23.7. The van der Waals surface area contributed by atoms with Crippen molar-refractivity contribution in [2.45, 2.75) is 49.6 Å². The highest BCUT2D eigenvalue weighted by Crippen LogP contribution is 2.60. The fourth-order valence-corrected chi connectivity index (χ4v) is 6.36. The van der Waals surface area contributed by atoms with E-state index in [0.717, 1.165) is 35.1 Å². The van der Waals surface area contributed by atoms with Crippen LogP contribution in [0.25, 0.3) is 0 Å². The number of aryl methyl sites for hydroxylation is 1. The molecule has 3 amide bonds. The Hall–Kier alpha value is -3.64. The van der Waals surface area contributed by atoms with Crippen LogP contribution in [-0.4, -0.2) is 35.2 Å². The van der Waals surface area contributed by atoms with E-state index in [0.29, 0.717) is 10.7 Å². The molecule has 0 bridgehead atoms. The predicted molar refractivity (Wildman–Crippen MR) is 142 cm³/mol. The molecule has 1 saturated carbocycles. The lowest BCUT2D eigenvalue weighted by Crippen LogP contribution is -2.60. The lowest BCUT2D eigenvalue weighted by molar-refractivity contribution is -0.149. The molecule has 2 N–H and O–H groups in total. The standard InChI is InChI=1S/C30H28ClN3O3/c1-18-7-5-6-10-22(18)28-30(23-14-11-20(31)15-25(23)33-29(30)37)24(19-8-3-2-4-9-19)16-27(36)34(28)17-26(35)32-21-12-13-21/h2-11,14-15,21,24,28H,12-13,16-17H2,1H3,(H,32,35)(H,33,37)/t24-,28+,30-/m0/s1. The minimum absolute atomic E-state index is 0.103. The van der Waals surface area contributed by atoms with Crippen molar-refractivity contribution in [3.05, 3.63) is 100 Å². The Morgan fingerprint density at radius 3 is 2.51 bits per heavy atom. The van der Waals surface area contributed by atoms with E-state index in [2.05, 4.69) is 10.6 Å². The molecule has 3 aliphatic rings. The molecule has 2 aliphatic heterocycles. The summed E-state index contributed by atoms with van der Waals surface area (Å²) in [5.74, 6) is -0.964. The zero-order valence-corrected chi connectivity index (χ0v) is 21.3. The fourth-order valence-electron chi connectivity index (χ4n) is 6.19. The van der Waals surface area contributed by atoms with Crippen molar-refractivity contribution in [2.24, 2.45) is 0 Å². The topological polar surface area (TPSA) is 78.5 Å². The SMILES string of the molecule is Cc1ccccc1[C@H]1N(CC(=O)NC2CC2)C(=O)C[C@@H](c2ccccc2)[C@]12C(=O)Nc1cc(Cl)ccc12. The minimum atomic E-state index is -1.15. The lowest BCUT2D eigenvalue weighted by atomic mass is 9.58. The first-order valence-electron chi connectivity index (χ1n) is 12.7. The third-order valence-electron chi connectivity index (χ3n) is 7.98. The van der Waals surface area contributed by atoms with Gasteiger partial charge in [-0.2, -0.15) is 0 Å². The average Bonchev–Trinajstić information content (AvgIpc) is 3.65. The largest absolute Gasteiger partial charge is 0.352 e. The van der Waals surface area contributed by atoms with Gasteiger partial charge in [0, 0.05) is 29.1 Å². The number of nitrogens with one attached hydrogen (secondary N) is 2. The molecule has 0 radical (unpaired) electrons. The summed E-state index contributed by atoms with van der Waals surface area (Å²) >= 11 is 6.34. The van der Waals surface area contributed by atoms with Gasteiger partial charge in [0.2, 0.25) is 17.7 Å². The Morgan fingerprint density at radius 1 is 1.05 bits per heavy atom. The average molecular weight is 514 g/mol. The van der Waals surface area contributed by atoms with E-state index in [-0.39, 0.29) is 36.7 Å². The van der Waals surface area contributed by atoms with Gasteiger partial charge >= 0.3 is 0 Å². The van der Waals surface area contributed by atoms with Gasteiger partial charge in [-0.05, 0) is 54.2 Å². The van der Waals surface area contributed by atoms with E-state index in [9.17, 15) is 14.4 Å². The second-order valence-corrected chi connectivity index (χ2v) is 10.7. The molecule has 0 aromatic heterocycles. The monoisotopic (exact) mass is 513 g/mol. The zero-order valence-electron chi connectivity index (χ0n) is 20.5. The van der Waals surface area contributed by atoms with Gasteiger partial charge in [-0.25, -0.2) is 0 Å². The number of rotatable bonds is 5. The van der Waals surface area contributed by atoms with E-state index in [4.69, 9.17) is 11.6 Å². The molecule has 3 aromatic rings. The lowest BCUT2D eigenvalue weighted by Gasteiger charge is -2.51. The van der Waals surface area contributed by atoms with Crippen molar-refractivity contribution in [1.82, 2.24) is 10.2 Å². The highest BCUT2D eigenvalue weighted by Gasteiger charge is 2.63. The fraction of sp³-hybridized carbons (Fsp3) is 0.300. The highest BCUT2D eigenvalue weighted by molar-refractivity contribution is 6.31. The summed E-state index contributed by atoms with van der Waals surface area (Å²) in [6, 6.07) is 22.5. The molecule has 0 unspecified atom stereocenters. The number of hydrogen-bond acceptors (Lipinski definition) is 3. The normalized spacial score (nSPS) is 24.6. The Bertz CT molecular complexity index is 1400. The molecule has 188 valence electrons. The van der Waals surface area contributed by atoms with Crippen molar-refractivity contribution in [2.75, 3.05) is 11.9 Å². The van der Waals surface area contributed by atoms with Crippen LogP contribution in [0.15, 0.2) is 72.8 Å². The van der Waals surface area contributed by atoms with E-state index in [1.807, 2.05) is 67.6 Å². The number of likely N-dealkylation sites (tertiary alicyclic amines) is 1. The maximum atomic E-state index is 14.3. The number of anilines is 1. The maximum Gasteiger partial charge on any atom is 0.239 e. The molecular formula is C30H28ClN3O3. The molecule has 7 heteroatoms. The van der Waals surface area contributed by atoms with Crippen molar-refractivity contribution in [3.8, 4) is 0 Å². The number of fused-ring (bicyclic) bond motifs is 2. The van der Waals surface area contributed by atoms with Crippen molar-refractivity contribution in [1.29, 1.82) is 0 Å². The number of nitrogens with zero attached hydrogens (tertiary/aromatic N) is 1. The second kappa shape index (κ2) is 9.03. The molecule has 1 spiro atoms. The molecule has 2 fully saturated rings. The van der Waals surface area contributed by atoms with Crippen LogP contribution < -0.4 is 10.6 Å². The van der Waals surface area contributed by atoms with Crippen molar-refractivity contribution >= 4 is 35.0 Å². The summed E-state index contributed by atoms with van der Waals surface area (Å²) < 4.78 is 0. The van der Waals surface area contributed by atoms with E-state index < -0.39 is 17.4 Å². The van der Waals surface area contributed by atoms with Gasteiger partial charge in [0.1, 0.15) is 12.0 Å². The van der Waals surface area contributed by atoms with Gasteiger partial charge in [0.25, 0.3) is 0 Å². The summed E-state index contributed by atoms with van der Waals surface area (Å²) in [7, 11) is 0. The first-order chi connectivity index (χ1) is 17.9. The molecule has 6 nitrogen and oxygen atoms in total. The van der Waals surface area contributed by atoms with Gasteiger partial charge < -0.3 is 15.5 Å². The number of carbonyl (C=O) groups excluding carboxylic acids is 3. The first-order valence-corrected chi connectivity index (χ1v) is 13.1. The number of halogens is 1. The summed E-state index contributed by atoms with van der Waals surface area (Å²) in [4.78, 5) is 42.9. The second-order valence-electron chi connectivity index (χ2n) is 10.3. The molecule has 6 rings (SSSR count). The number of amides is 3. The van der Waals surface area contributed by atoms with E-state index >= 15 is 0 Å². The molecule has 37 heavy (non-hydrogen) atoms. The van der Waals surface area contributed by atoms with Gasteiger partial charge in [0.15, 0.2) is 0 Å². The van der Waals surface area contributed by atoms with Crippen molar-refractivity contribution in [3.63, 3.8) is 0 Å². The van der Waals surface area contributed by atoms with Crippen LogP contribution >= 0.6 is 11.6 Å². The van der Waals surface area contributed by atoms with Gasteiger partial charge in [-0.3, -0.25) is 14.4 Å². The van der Waals surface area contributed by atoms with Gasteiger partial charge in [-0.15, -0.1) is 0 Å². The smallest absolute Gasteiger partial charge is 0.239 e. The number of benzene rings is 3. The molecule has 1 saturated heterocycles. The molecule has 1 aliphatic carbocycles. The Kier molecular flexibility index (Phi) is 5.80. The Morgan fingerprint density at radius 2 is 1.78 bits per heavy atom. The van der Waals surface area contributed by atoms with Gasteiger partial charge in [0.05, 0.1) is 6.04 Å². The number of piperidine rings is 1. The van der Waals surface area contributed by atoms with Crippen LogP contribution in [-0.2, 0) is 19.8 Å². The minimum Gasteiger partial charge on any atom is -0.352 e. The zero-order chi connectivity index (χ0) is 25.7. The van der Waals surface area contributed by atoms with E-state index in [1.54, 1.807) is 17.0 Å². The maximum absolute atomic E-state index is 14.3. The summed E-state index contributed by atoms with van der Waals surface area (Å²) in [6.07, 6.45) is 2.02. The number of hydrogen-bond donors (Lipinski definition) is 2.